The van der Waals surface area contributed by atoms with Crippen LogP contribution in [0.25, 0.3) is 0 Å². The molecule has 1 N–H and O–H groups in total. The molecule has 1 aromatic heterocycles. The molecule has 2 heterocycles. The normalized spacial score (nSPS) is 15.1. The zero-order valence-electron chi connectivity index (χ0n) is 17.1. The Kier molecular flexibility index (Phi) is 6.87. The van der Waals surface area contributed by atoms with Gasteiger partial charge in [-0.25, -0.2) is 0 Å². The maximum Gasteiger partial charge on any atom is 0.306 e. The van der Waals surface area contributed by atoms with Crippen molar-refractivity contribution in [2.45, 2.75) is 39.7 Å². The Bertz CT molecular complexity index is 821. The topological polar surface area (TPSA) is 93.9 Å². The first kappa shape index (κ1) is 20.9. The van der Waals surface area contributed by atoms with Gasteiger partial charge in [0.2, 0.25) is 0 Å². The molecule has 1 amide bonds. The molecule has 2 aromatic rings. The van der Waals surface area contributed by atoms with Crippen LogP contribution in [-0.2, 0) is 25.5 Å². The Morgan fingerprint density at radius 2 is 1.90 bits per heavy atom. The molecule has 1 saturated heterocycles. The number of anilines is 2. The number of amides is 1. The van der Waals surface area contributed by atoms with E-state index in [-0.39, 0.29) is 12.3 Å². The molecule has 156 valence electrons. The number of ether oxygens (including phenoxy) is 2. The van der Waals surface area contributed by atoms with E-state index in [1.807, 2.05) is 31.2 Å². The number of rotatable bonds is 7. The van der Waals surface area contributed by atoms with Crippen molar-refractivity contribution in [3.05, 3.63) is 41.3 Å². The molecule has 1 aromatic carbocycles. The van der Waals surface area contributed by atoms with E-state index in [1.165, 1.54) is 0 Å². The van der Waals surface area contributed by atoms with Gasteiger partial charge in [0.05, 0.1) is 18.9 Å². The molecule has 0 radical (unpaired) electrons. The van der Waals surface area contributed by atoms with Crippen molar-refractivity contribution in [2.24, 2.45) is 0 Å². The lowest BCUT2D eigenvalue weighted by molar-refractivity contribution is -0.153. The summed E-state index contributed by atoms with van der Waals surface area (Å²) in [5.41, 5.74) is 3.41. The zero-order valence-corrected chi connectivity index (χ0v) is 17.1. The first-order valence-electron chi connectivity index (χ1n) is 9.79. The van der Waals surface area contributed by atoms with E-state index < -0.39 is 12.1 Å². The number of morpholine rings is 1. The lowest BCUT2D eigenvalue weighted by Crippen LogP contribution is -2.36. The van der Waals surface area contributed by atoms with Gasteiger partial charge in [-0.2, -0.15) is 0 Å². The zero-order chi connectivity index (χ0) is 20.8. The van der Waals surface area contributed by atoms with Gasteiger partial charge in [0, 0.05) is 36.4 Å². The Balaban J connectivity index is 1.46. The predicted octanol–water partition coefficient (Wildman–Crippen LogP) is 2.63. The van der Waals surface area contributed by atoms with Crippen LogP contribution in [0.2, 0.25) is 0 Å². The van der Waals surface area contributed by atoms with Crippen molar-refractivity contribution in [3.8, 4) is 0 Å². The molecule has 1 aliphatic heterocycles. The van der Waals surface area contributed by atoms with Gasteiger partial charge in [0.15, 0.2) is 6.10 Å². The van der Waals surface area contributed by atoms with E-state index in [2.05, 4.69) is 15.4 Å². The highest BCUT2D eigenvalue weighted by Crippen LogP contribution is 2.19. The SMILES string of the molecule is Cc1noc(C)c1CCC(=O)OC(C)C(=O)Nc1ccc(N2CCOCC2)cc1. The monoisotopic (exact) mass is 401 g/mol. The number of hydrogen-bond acceptors (Lipinski definition) is 7. The lowest BCUT2D eigenvalue weighted by Gasteiger charge is -2.28. The Morgan fingerprint density at radius 3 is 2.52 bits per heavy atom. The molecular weight excluding hydrogens is 374 g/mol. The van der Waals surface area contributed by atoms with Gasteiger partial charge >= 0.3 is 5.97 Å². The third kappa shape index (κ3) is 5.57. The van der Waals surface area contributed by atoms with Crippen molar-refractivity contribution in [1.29, 1.82) is 0 Å². The molecule has 29 heavy (non-hydrogen) atoms. The number of benzene rings is 1. The fraction of sp³-hybridized carbons (Fsp3) is 0.476. The lowest BCUT2D eigenvalue weighted by atomic mass is 10.1. The maximum absolute atomic E-state index is 12.3. The fourth-order valence-electron chi connectivity index (χ4n) is 3.22. The van der Waals surface area contributed by atoms with Crippen molar-refractivity contribution >= 4 is 23.3 Å². The van der Waals surface area contributed by atoms with Crippen LogP contribution in [-0.4, -0.2) is 49.4 Å². The molecule has 1 aliphatic rings. The summed E-state index contributed by atoms with van der Waals surface area (Å²) in [5.74, 6) is -0.105. The third-order valence-electron chi connectivity index (χ3n) is 4.95. The highest BCUT2D eigenvalue weighted by molar-refractivity contribution is 5.95. The van der Waals surface area contributed by atoms with E-state index >= 15 is 0 Å². The third-order valence-corrected chi connectivity index (χ3v) is 4.95. The van der Waals surface area contributed by atoms with Crippen LogP contribution in [0.3, 0.4) is 0 Å². The quantitative estimate of drug-likeness (QED) is 0.713. The molecular formula is C21H27N3O5. The summed E-state index contributed by atoms with van der Waals surface area (Å²) in [6.45, 7) is 8.35. The number of nitrogens with zero attached hydrogens (tertiary/aromatic N) is 2. The van der Waals surface area contributed by atoms with Gasteiger partial charge in [0.25, 0.3) is 5.91 Å². The minimum Gasteiger partial charge on any atom is -0.453 e. The highest BCUT2D eigenvalue weighted by Gasteiger charge is 2.19. The summed E-state index contributed by atoms with van der Waals surface area (Å²) < 4.78 is 15.7. The van der Waals surface area contributed by atoms with Crippen LogP contribution in [0.1, 0.15) is 30.4 Å². The average molecular weight is 401 g/mol. The van der Waals surface area contributed by atoms with Gasteiger partial charge in [0.1, 0.15) is 5.76 Å². The fourth-order valence-corrected chi connectivity index (χ4v) is 3.22. The summed E-state index contributed by atoms with van der Waals surface area (Å²) in [6.07, 6.45) is -0.252. The first-order valence-corrected chi connectivity index (χ1v) is 9.79. The number of nitrogens with one attached hydrogen (secondary N) is 1. The summed E-state index contributed by atoms with van der Waals surface area (Å²) in [4.78, 5) is 26.6. The predicted molar refractivity (Wildman–Crippen MR) is 108 cm³/mol. The van der Waals surface area contributed by atoms with Crippen molar-refractivity contribution in [2.75, 3.05) is 36.5 Å². The number of carbonyl (C=O) groups is 2. The van der Waals surface area contributed by atoms with Gasteiger partial charge in [-0.05, 0) is 51.5 Å². The number of hydrogen-bond donors (Lipinski definition) is 1. The van der Waals surface area contributed by atoms with Crippen LogP contribution in [0, 0.1) is 13.8 Å². The summed E-state index contributed by atoms with van der Waals surface area (Å²) in [6, 6.07) is 7.60. The van der Waals surface area contributed by atoms with Gasteiger partial charge in [-0.15, -0.1) is 0 Å². The Labute approximate surface area is 170 Å². The van der Waals surface area contributed by atoms with E-state index in [4.69, 9.17) is 14.0 Å². The Morgan fingerprint density at radius 1 is 1.21 bits per heavy atom. The second kappa shape index (κ2) is 9.56. The average Bonchev–Trinajstić information content (AvgIpc) is 3.05. The van der Waals surface area contributed by atoms with E-state index in [9.17, 15) is 9.59 Å². The molecule has 0 spiro atoms. The van der Waals surface area contributed by atoms with Crippen molar-refractivity contribution in [3.63, 3.8) is 0 Å². The second-order valence-electron chi connectivity index (χ2n) is 7.07. The summed E-state index contributed by atoms with van der Waals surface area (Å²) in [7, 11) is 0. The molecule has 0 saturated carbocycles. The maximum atomic E-state index is 12.3. The molecule has 0 aliphatic carbocycles. The second-order valence-corrected chi connectivity index (χ2v) is 7.07. The first-order chi connectivity index (χ1) is 13.9. The van der Waals surface area contributed by atoms with Crippen LogP contribution in [0.5, 0.6) is 0 Å². The van der Waals surface area contributed by atoms with Gasteiger partial charge in [-0.1, -0.05) is 5.16 Å². The summed E-state index contributed by atoms with van der Waals surface area (Å²) in [5, 5.41) is 6.65. The minimum atomic E-state index is -0.883. The van der Waals surface area contributed by atoms with Gasteiger partial charge in [-0.3, -0.25) is 9.59 Å². The highest BCUT2D eigenvalue weighted by atomic mass is 16.5. The molecule has 3 rings (SSSR count). The van der Waals surface area contributed by atoms with Crippen molar-refractivity contribution < 1.29 is 23.6 Å². The smallest absolute Gasteiger partial charge is 0.306 e. The molecule has 1 fully saturated rings. The van der Waals surface area contributed by atoms with Gasteiger partial charge < -0.3 is 24.2 Å². The van der Waals surface area contributed by atoms with Crippen LogP contribution in [0.4, 0.5) is 11.4 Å². The van der Waals surface area contributed by atoms with Crippen LogP contribution in [0.15, 0.2) is 28.8 Å². The number of aryl methyl sites for hydroxylation is 2. The molecule has 8 nitrogen and oxygen atoms in total. The number of aromatic nitrogens is 1. The molecule has 1 unspecified atom stereocenters. The summed E-state index contributed by atoms with van der Waals surface area (Å²) >= 11 is 0. The largest absolute Gasteiger partial charge is 0.453 e. The van der Waals surface area contributed by atoms with E-state index in [0.717, 1.165) is 43.2 Å². The molecule has 8 heteroatoms. The minimum absolute atomic E-state index is 0.161. The van der Waals surface area contributed by atoms with Crippen LogP contribution < -0.4 is 10.2 Å². The Hall–Kier alpha value is -2.87. The molecule has 1 atom stereocenters. The number of esters is 1. The van der Waals surface area contributed by atoms with E-state index in [0.29, 0.717) is 17.9 Å². The van der Waals surface area contributed by atoms with E-state index in [1.54, 1.807) is 13.8 Å². The number of carbonyl (C=O) groups excluding carboxylic acids is 2. The van der Waals surface area contributed by atoms with Crippen molar-refractivity contribution in [1.82, 2.24) is 5.16 Å². The molecule has 0 bridgehead atoms. The standard InChI is InChI=1S/C21H27N3O5/c1-14-19(15(2)29-23-14)8-9-20(25)28-16(3)21(26)22-17-4-6-18(7-5-17)24-10-12-27-13-11-24/h4-7,16H,8-13H2,1-3H3,(H,22,26). The van der Waals surface area contributed by atoms with Crippen LogP contribution >= 0.6 is 0 Å².